The van der Waals surface area contributed by atoms with Crippen LogP contribution in [0, 0.1) is 0 Å². The molecular weight excluding hydrogens is 318 g/mol. The molecule has 0 saturated heterocycles. The van der Waals surface area contributed by atoms with Gasteiger partial charge in [-0.05, 0) is 29.8 Å². The van der Waals surface area contributed by atoms with Crippen molar-refractivity contribution in [1.82, 2.24) is 4.90 Å². The second-order valence-electron chi connectivity index (χ2n) is 4.81. The van der Waals surface area contributed by atoms with Gasteiger partial charge in [0.15, 0.2) is 0 Å². The molecule has 0 aliphatic heterocycles. The third-order valence-electron chi connectivity index (χ3n) is 3.10. The van der Waals surface area contributed by atoms with E-state index in [9.17, 15) is 4.79 Å². The number of hydrogen-bond donors (Lipinski definition) is 0. The second kappa shape index (κ2) is 8.13. The number of carbonyl (C=O) groups is 1. The van der Waals surface area contributed by atoms with Gasteiger partial charge >= 0.3 is 0 Å². The largest absolute Gasteiger partial charge is 0.380 e. The Labute approximate surface area is 139 Å². The van der Waals surface area contributed by atoms with Gasteiger partial charge in [0, 0.05) is 24.1 Å². The highest BCUT2D eigenvalue weighted by Gasteiger charge is 2.16. The Hall–Kier alpha value is -1.62. The van der Waals surface area contributed by atoms with Gasteiger partial charge in [-0.25, -0.2) is 0 Å². The fraction of sp³-hybridized carbons (Fsp3) is 0.235. The smallest absolute Gasteiger partial charge is 0.254 e. The van der Waals surface area contributed by atoms with Gasteiger partial charge in [0.1, 0.15) is 0 Å². The summed E-state index contributed by atoms with van der Waals surface area (Å²) in [5.74, 6) is -0.0256. The number of amides is 1. The van der Waals surface area contributed by atoms with Crippen LogP contribution in [0.1, 0.15) is 20.8 Å². The number of ether oxygens (including phenoxy) is 1. The highest BCUT2D eigenvalue weighted by molar-refractivity contribution is 7.16. The summed E-state index contributed by atoms with van der Waals surface area (Å²) >= 11 is 7.44. The SMILES string of the molecule is C=CCN(Cc1ccc(Cl)s1)C(=O)c1cccc(COC)c1. The van der Waals surface area contributed by atoms with Crippen molar-refractivity contribution in [2.24, 2.45) is 0 Å². The first-order valence-electron chi connectivity index (χ1n) is 6.86. The van der Waals surface area contributed by atoms with Gasteiger partial charge < -0.3 is 9.64 Å². The van der Waals surface area contributed by atoms with Gasteiger partial charge in [-0.15, -0.1) is 17.9 Å². The van der Waals surface area contributed by atoms with Crippen LogP contribution < -0.4 is 0 Å². The predicted octanol–water partition coefficient (Wildman–Crippen LogP) is 4.38. The Bertz CT molecular complexity index is 654. The summed E-state index contributed by atoms with van der Waals surface area (Å²) in [7, 11) is 1.64. The molecule has 1 amide bonds. The maximum absolute atomic E-state index is 12.7. The molecule has 0 unspecified atom stereocenters. The lowest BCUT2D eigenvalue weighted by Gasteiger charge is -2.20. The third-order valence-corrected chi connectivity index (χ3v) is 4.31. The van der Waals surface area contributed by atoms with Crippen molar-refractivity contribution < 1.29 is 9.53 Å². The molecule has 0 atom stereocenters. The van der Waals surface area contributed by atoms with E-state index >= 15 is 0 Å². The normalized spacial score (nSPS) is 10.5. The third kappa shape index (κ3) is 4.44. The average Bonchev–Trinajstić information content (AvgIpc) is 2.92. The summed E-state index contributed by atoms with van der Waals surface area (Å²) < 4.78 is 5.84. The first-order valence-corrected chi connectivity index (χ1v) is 8.05. The fourth-order valence-corrected chi connectivity index (χ4v) is 3.25. The van der Waals surface area contributed by atoms with E-state index in [-0.39, 0.29) is 5.91 Å². The van der Waals surface area contributed by atoms with Crippen LogP contribution in [-0.2, 0) is 17.9 Å². The van der Waals surface area contributed by atoms with Crippen molar-refractivity contribution >= 4 is 28.8 Å². The number of halogens is 1. The van der Waals surface area contributed by atoms with Gasteiger partial charge in [0.25, 0.3) is 5.91 Å². The van der Waals surface area contributed by atoms with Gasteiger partial charge in [-0.1, -0.05) is 29.8 Å². The molecule has 0 fully saturated rings. The fourth-order valence-electron chi connectivity index (χ4n) is 2.14. The summed E-state index contributed by atoms with van der Waals surface area (Å²) in [4.78, 5) is 15.5. The van der Waals surface area contributed by atoms with Crippen LogP contribution in [-0.4, -0.2) is 24.5 Å². The van der Waals surface area contributed by atoms with Crippen molar-refractivity contribution in [3.05, 3.63) is 69.4 Å². The van der Waals surface area contributed by atoms with Crippen LogP contribution in [0.5, 0.6) is 0 Å². The van der Waals surface area contributed by atoms with Crippen molar-refractivity contribution in [2.75, 3.05) is 13.7 Å². The van der Waals surface area contributed by atoms with Crippen LogP contribution in [0.4, 0.5) is 0 Å². The molecule has 2 aromatic rings. The Morgan fingerprint density at radius 2 is 2.23 bits per heavy atom. The predicted molar refractivity (Wildman–Crippen MR) is 91.4 cm³/mol. The van der Waals surface area contributed by atoms with Crippen molar-refractivity contribution in [2.45, 2.75) is 13.2 Å². The lowest BCUT2D eigenvalue weighted by Crippen LogP contribution is -2.30. The minimum absolute atomic E-state index is 0.0256. The zero-order chi connectivity index (χ0) is 15.9. The van der Waals surface area contributed by atoms with E-state index in [1.807, 2.05) is 36.4 Å². The summed E-state index contributed by atoms with van der Waals surface area (Å²) in [5.41, 5.74) is 1.63. The molecule has 0 N–H and O–H groups in total. The molecule has 0 bridgehead atoms. The number of rotatable bonds is 7. The number of carbonyl (C=O) groups excluding carboxylic acids is 1. The summed E-state index contributed by atoms with van der Waals surface area (Å²) in [5, 5.41) is 0. The molecular formula is C17H18ClNO2S. The molecule has 3 nitrogen and oxygen atoms in total. The zero-order valence-corrected chi connectivity index (χ0v) is 14.0. The Morgan fingerprint density at radius 1 is 1.41 bits per heavy atom. The van der Waals surface area contributed by atoms with Crippen LogP contribution in [0.25, 0.3) is 0 Å². The van der Waals surface area contributed by atoms with Crippen molar-refractivity contribution in [1.29, 1.82) is 0 Å². The number of hydrogen-bond acceptors (Lipinski definition) is 3. The van der Waals surface area contributed by atoms with E-state index in [0.29, 0.717) is 25.3 Å². The molecule has 1 heterocycles. The first kappa shape index (κ1) is 16.7. The molecule has 0 saturated carbocycles. The first-order chi connectivity index (χ1) is 10.6. The number of thiophene rings is 1. The molecule has 0 aliphatic rings. The molecule has 116 valence electrons. The maximum atomic E-state index is 12.7. The monoisotopic (exact) mass is 335 g/mol. The molecule has 0 aliphatic carbocycles. The second-order valence-corrected chi connectivity index (χ2v) is 6.61. The molecule has 2 rings (SSSR count). The Morgan fingerprint density at radius 3 is 2.86 bits per heavy atom. The van der Waals surface area contributed by atoms with Crippen molar-refractivity contribution in [3.63, 3.8) is 0 Å². The molecule has 22 heavy (non-hydrogen) atoms. The highest BCUT2D eigenvalue weighted by Crippen LogP contribution is 2.23. The number of nitrogens with zero attached hydrogens (tertiary/aromatic N) is 1. The van der Waals surface area contributed by atoms with E-state index in [1.165, 1.54) is 11.3 Å². The van der Waals surface area contributed by atoms with Gasteiger partial charge in [-0.2, -0.15) is 0 Å². The molecule has 5 heteroatoms. The van der Waals surface area contributed by atoms with Gasteiger partial charge in [0.05, 0.1) is 17.5 Å². The quantitative estimate of drug-likeness (QED) is 0.703. The number of methoxy groups -OCH3 is 1. The lowest BCUT2D eigenvalue weighted by molar-refractivity contribution is 0.0764. The molecule has 1 aromatic carbocycles. The van der Waals surface area contributed by atoms with Crippen LogP contribution in [0.15, 0.2) is 49.1 Å². The number of benzene rings is 1. The van der Waals surface area contributed by atoms with E-state index in [4.69, 9.17) is 16.3 Å². The van der Waals surface area contributed by atoms with Crippen LogP contribution >= 0.6 is 22.9 Å². The summed E-state index contributed by atoms with van der Waals surface area (Å²) in [6, 6.07) is 11.3. The van der Waals surface area contributed by atoms with Gasteiger partial charge in [0.2, 0.25) is 0 Å². The lowest BCUT2D eigenvalue weighted by atomic mass is 10.1. The Balaban J connectivity index is 2.18. The van der Waals surface area contributed by atoms with E-state index in [0.717, 1.165) is 14.8 Å². The zero-order valence-electron chi connectivity index (χ0n) is 12.4. The van der Waals surface area contributed by atoms with Crippen molar-refractivity contribution in [3.8, 4) is 0 Å². The summed E-state index contributed by atoms with van der Waals surface area (Å²) in [6.07, 6.45) is 1.73. The van der Waals surface area contributed by atoms with E-state index < -0.39 is 0 Å². The van der Waals surface area contributed by atoms with Crippen LogP contribution in [0.3, 0.4) is 0 Å². The standard InChI is InChI=1S/C17H18ClNO2S/c1-3-9-19(11-15-7-8-16(18)22-15)17(20)14-6-4-5-13(10-14)12-21-2/h3-8,10H,1,9,11-12H2,2H3. The molecule has 0 radical (unpaired) electrons. The molecule has 1 aromatic heterocycles. The van der Waals surface area contributed by atoms with E-state index in [1.54, 1.807) is 18.1 Å². The summed E-state index contributed by atoms with van der Waals surface area (Å²) in [6.45, 7) is 5.24. The van der Waals surface area contributed by atoms with Gasteiger partial charge in [-0.3, -0.25) is 4.79 Å². The maximum Gasteiger partial charge on any atom is 0.254 e. The molecule has 0 spiro atoms. The van der Waals surface area contributed by atoms with Crippen LogP contribution in [0.2, 0.25) is 4.34 Å². The highest BCUT2D eigenvalue weighted by atomic mass is 35.5. The van der Waals surface area contributed by atoms with E-state index in [2.05, 4.69) is 6.58 Å². The minimum atomic E-state index is -0.0256. The Kier molecular flexibility index (Phi) is 6.19. The average molecular weight is 336 g/mol. The minimum Gasteiger partial charge on any atom is -0.380 e. The topological polar surface area (TPSA) is 29.5 Å².